The minimum Gasteiger partial charge on any atom is -0.481 e. The lowest BCUT2D eigenvalue weighted by Gasteiger charge is -2.16. The number of carboxylic acid groups (broad SMARTS) is 2. The van der Waals surface area contributed by atoms with Gasteiger partial charge in [0.05, 0.1) is 12.6 Å². The van der Waals surface area contributed by atoms with Crippen LogP contribution in [0.15, 0.2) is 0 Å². The number of likely N-dealkylation sites (tertiary alicyclic amines) is 1. The first-order valence-corrected chi connectivity index (χ1v) is 3.86. The van der Waals surface area contributed by atoms with Gasteiger partial charge < -0.3 is 15.3 Å². The van der Waals surface area contributed by atoms with Crippen molar-refractivity contribution in [1.82, 2.24) is 4.90 Å². The summed E-state index contributed by atoms with van der Waals surface area (Å²) >= 11 is 0. The van der Waals surface area contributed by atoms with Crippen molar-refractivity contribution in [2.75, 3.05) is 13.3 Å². The fourth-order valence-electron chi connectivity index (χ4n) is 1.50. The van der Waals surface area contributed by atoms with Gasteiger partial charge in [0.25, 0.3) is 0 Å². The molecule has 0 saturated carbocycles. The first kappa shape index (κ1) is 9.94. The third kappa shape index (κ3) is 1.96. The highest BCUT2D eigenvalue weighted by Crippen LogP contribution is 2.22. The fourth-order valence-corrected chi connectivity index (χ4v) is 1.50. The maximum Gasteiger partial charge on any atom is 0.321 e. The number of rotatable bonds is 3. The summed E-state index contributed by atoms with van der Waals surface area (Å²) in [5.41, 5.74) is 0. The van der Waals surface area contributed by atoms with Crippen molar-refractivity contribution in [1.29, 1.82) is 0 Å². The number of hydrogen-bond acceptors (Lipinski definition) is 4. The van der Waals surface area contributed by atoms with Gasteiger partial charge in [0, 0.05) is 6.54 Å². The molecule has 0 spiro atoms. The molecule has 2 atom stereocenters. The molecule has 2 unspecified atom stereocenters. The summed E-state index contributed by atoms with van der Waals surface area (Å²) in [4.78, 5) is 22.4. The number of carbonyl (C=O) groups is 2. The second-order valence-corrected chi connectivity index (χ2v) is 3.04. The molecule has 1 saturated heterocycles. The number of carboxylic acids is 2. The SMILES string of the molecule is O=C(O)C1CC(C(=O)O)N(CO)C1. The Hall–Kier alpha value is -1.14. The monoisotopic (exact) mass is 189 g/mol. The average Bonchev–Trinajstić information content (AvgIpc) is 2.47. The number of aliphatic hydroxyl groups excluding tert-OH is 1. The predicted molar refractivity (Wildman–Crippen MR) is 41.0 cm³/mol. The van der Waals surface area contributed by atoms with Crippen LogP contribution in [0.2, 0.25) is 0 Å². The smallest absolute Gasteiger partial charge is 0.321 e. The van der Waals surface area contributed by atoms with E-state index < -0.39 is 30.6 Å². The summed E-state index contributed by atoms with van der Waals surface area (Å²) in [6.45, 7) is -0.316. The number of hydrogen-bond donors (Lipinski definition) is 3. The van der Waals surface area contributed by atoms with Gasteiger partial charge >= 0.3 is 11.9 Å². The molecule has 0 aromatic heterocycles. The fraction of sp³-hybridized carbons (Fsp3) is 0.714. The standard InChI is InChI=1S/C7H11NO5/c9-3-8-2-4(6(10)11)1-5(8)7(12)13/h4-5,9H,1-3H2,(H,10,11)(H,12,13). The van der Waals surface area contributed by atoms with E-state index >= 15 is 0 Å². The number of aliphatic hydroxyl groups is 1. The Labute approximate surface area is 74.4 Å². The molecule has 3 N–H and O–H groups in total. The molecule has 1 fully saturated rings. The summed E-state index contributed by atoms with van der Waals surface area (Å²) in [5.74, 6) is -2.78. The van der Waals surface area contributed by atoms with Crippen molar-refractivity contribution >= 4 is 11.9 Å². The quantitative estimate of drug-likeness (QED) is 0.515. The molecule has 1 heterocycles. The lowest BCUT2D eigenvalue weighted by atomic mass is 10.1. The van der Waals surface area contributed by atoms with Crippen LogP contribution in [0.4, 0.5) is 0 Å². The van der Waals surface area contributed by atoms with Crippen LogP contribution in [0.25, 0.3) is 0 Å². The lowest BCUT2D eigenvalue weighted by molar-refractivity contribution is -0.143. The molecule has 6 heteroatoms. The molecule has 0 aromatic rings. The molecule has 6 nitrogen and oxygen atoms in total. The van der Waals surface area contributed by atoms with Crippen LogP contribution in [-0.4, -0.2) is 51.5 Å². The molecular weight excluding hydrogens is 178 g/mol. The lowest BCUT2D eigenvalue weighted by Crippen LogP contribution is -2.36. The van der Waals surface area contributed by atoms with Gasteiger partial charge in [-0.15, -0.1) is 0 Å². The summed E-state index contributed by atoms with van der Waals surface area (Å²) in [7, 11) is 0. The van der Waals surface area contributed by atoms with E-state index in [1.54, 1.807) is 0 Å². The first-order chi connectivity index (χ1) is 6.06. The van der Waals surface area contributed by atoms with Crippen molar-refractivity contribution in [3.05, 3.63) is 0 Å². The molecule has 1 rings (SSSR count). The first-order valence-electron chi connectivity index (χ1n) is 3.86. The van der Waals surface area contributed by atoms with Crippen molar-refractivity contribution in [2.24, 2.45) is 5.92 Å². The van der Waals surface area contributed by atoms with E-state index in [-0.39, 0.29) is 13.0 Å². The van der Waals surface area contributed by atoms with E-state index in [4.69, 9.17) is 15.3 Å². The summed E-state index contributed by atoms with van der Waals surface area (Å²) in [6, 6.07) is -0.869. The van der Waals surface area contributed by atoms with Crippen molar-refractivity contribution in [2.45, 2.75) is 12.5 Å². The normalized spacial score (nSPS) is 29.0. The molecule has 1 aliphatic rings. The maximum absolute atomic E-state index is 10.6. The van der Waals surface area contributed by atoms with E-state index in [9.17, 15) is 9.59 Å². The molecule has 0 aromatic carbocycles. The minimum atomic E-state index is -1.09. The molecule has 1 aliphatic heterocycles. The molecule has 0 radical (unpaired) electrons. The summed E-state index contributed by atoms with van der Waals surface area (Å²) in [5, 5.41) is 26.0. The van der Waals surface area contributed by atoms with Crippen LogP contribution in [0.1, 0.15) is 6.42 Å². The Morgan fingerprint density at radius 2 is 1.92 bits per heavy atom. The van der Waals surface area contributed by atoms with Gasteiger partial charge in [0.1, 0.15) is 6.04 Å². The van der Waals surface area contributed by atoms with Crippen molar-refractivity contribution in [3.8, 4) is 0 Å². The van der Waals surface area contributed by atoms with Gasteiger partial charge in [0.15, 0.2) is 0 Å². The number of aliphatic carboxylic acids is 2. The summed E-state index contributed by atoms with van der Waals surface area (Å²) in [6.07, 6.45) is 0.0607. The number of nitrogens with zero attached hydrogens (tertiary/aromatic N) is 1. The van der Waals surface area contributed by atoms with Crippen LogP contribution in [0.3, 0.4) is 0 Å². The molecule has 0 aliphatic carbocycles. The zero-order valence-corrected chi connectivity index (χ0v) is 6.88. The van der Waals surface area contributed by atoms with Crippen molar-refractivity contribution in [3.63, 3.8) is 0 Å². The second kappa shape index (κ2) is 3.71. The largest absolute Gasteiger partial charge is 0.481 e. The van der Waals surface area contributed by atoms with Crippen LogP contribution in [0.5, 0.6) is 0 Å². The Morgan fingerprint density at radius 3 is 2.23 bits per heavy atom. The van der Waals surface area contributed by atoms with E-state index in [1.165, 1.54) is 4.90 Å². The summed E-state index contributed by atoms with van der Waals surface area (Å²) < 4.78 is 0. The highest BCUT2D eigenvalue weighted by Gasteiger charge is 2.39. The maximum atomic E-state index is 10.6. The van der Waals surface area contributed by atoms with Crippen LogP contribution < -0.4 is 0 Å². The third-order valence-electron chi connectivity index (χ3n) is 2.22. The third-order valence-corrected chi connectivity index (χ3v) is 2.22. The predicted octanol–water partition coefficient (Wildman–Crippen LogP) is -1.20. The van der Waals surface area contributed by atoms with E-state index in [2.05, 4.69) is 0 Å². The van der Waals surface area contributed by atoms with Crippen LogP contribution >= 0.6 is 0 Å². The van der Waals surface area contributed by atoms with E-state index in [0.29, 0.717) is 0 Å². The topological polar surface area (TPSA) is 98.1 Å². The zero-order valence-electron chi connectivity index (χ0n) is 6.88. The van der Waals surface area contributed by atoms with Gasteiger partial charge in [-0.1, -0.05) is 0 Å². The molecule has 13 heavy (non-hydrogen) atoms. The van der Waals surface area contributed by atoms with Crippen molar-refractivity contribution < 1.29 is 24.9 Å². The van der Waals surface area contributed by atoms with Gasteiger partial charge in [-0.25, -0.2) is 0 Å². The van der Waals surface area contributed by atoms with Gasteiger partial charge in [-0.2, -0.15) is 0 Å². The van der Waals surface area contributed by atoms with E-state index in [1.807, 2.05) is 0 Å². The molecular formula is C7H11NO5. The van der Waals surface area contributed by atoms with Gasteiger partial charge in [-0.3, -0.25) is 14.5 Å². The Bertz CT molecular complexity index is 229. The van der Waals surface area contributed by atoms with E-state index in [0.717, 1.165) is 0 Å². The zero-order chi connectivity index (χ0) is 10.0. The average molecular weight is 189 g/mol. The highest BCUT2D eigenvalue weighted by atomic mass is 16.4. The molecule has 0 bridgehead atoms. The molecule has 74 valence electrons. The molecule has 0 amide bonds. The Balaban J connectivity index is 2.66. The Morgan fingerprint density at radius 1 is 1.31 bits per heavy atom. The van der Waals surface area contributed by atoms with Crippen LogP contribution in [0, 0.1) is 5.92 Å². The van der Waals surface area contributed by atoms with Gasteiger partial charge in [-0.05, 0) is 6.42 Å². The highest BCUT2D eigenvalue weighted by molar-refractivity contribution is 5.77. The van der Waals surface area contributed by atoms with Gasteiger partial charge in [0.2, 0.25) is 0 Å². The van der Waals surface area contributed by atoms with Crippen LogP contribution in [-0.2, 0) is 9.59 Å². The Kier molecular flexibility index (Phi) is 2.84. The minimum absolute atomic E-state index is 0.0607. The second-order valence-electron chi connectivity index (χ2n) is 3.04.